The molecule has 0 aromatic heterocycles. The number of hydrogen-bond acceptors (Lipinski definition) is 5. The van der Waals surface area contributed by atoms with E-state index in [1.807, 2.05) is 12.1 Å². The summed E-state index contributed by atoms with van der Waals surface area (Å²) in [5.41, 5.74) is 0.845. The lowest BCUT2D eigenvalue weighted by Gasteiger charge is -2.35. The third kappa shape index (κ3) is 10.9. The number of nitrogens with zero attached hydrogens (tertiary/aromatic N) is 1. The number of halogens is 2. The van der Waals surface area contributed by atoms with E-state index < -0.39 is 18.6 Å². The topological polar surface area (TPSA) is 99.1 Å². The van der Waals surface area contributed by atoms with Crippen molar-refractivity contribution >= 4 is 11.9 Å². The van der Waals surface area contributed by atoms with Crippen LogP contribution in [0.15, 0.2) is 36.4 Å². The van der Waals surface area contributed by atoms with E-state index in [-0.39, 0.29) is 0 Å². The fourth-order valence-electron chi connectivity index (χ4n) is 3.13. The Balaban J connectivity index is 0.000000479. The van der Waals surface area contributed by atoms with Crippen LogP contribution in [0.5, 0.6) is 5.75 Å². The first kappa shape index (κ1) is 25.5. The maximum Gasteiger partial charge on any atom is 0.387 e. The van der Waals surface area contributed by atoms with E-state index in [0.717, 1.165) is 50.9 Å². The van der Waals surface area contributed by atoms with Crippen molar-refractivity contribution in [1.29, 1.82) is 0 Å². The molecule has 9 heteroatoms. The zero-order chi connectivity index (χ0) is 22.4. The summed E-state index contributed by atoms with van der Waals surface area (Å²) < 4.78 is 29.8. The van der Waals surface area contributed by atoms with Gasteiger partial charge in [-0.15, -0.1) is 0 Å². The van der Waals surface area contributed by atoms with E-state index in [9.17, 15) is 18.4 Å². The van der Waals surface area contributed by atoms with Gasteiger partial charge in [-0.1, -0.05) is 31.5 Å². The molecule has 1 saturated heterocycles. The summed E-state index contributed by atoms with van der Waals surface area (Å²) in [6, 6.07) is 7.66. The Hall–Kier alpha value is -2.52. The molecular formula is C21H30F2N2O5. The lowest BCUT2D eigenvalue weighted by Crippen LogP contribution is -2.43. The van der Waals surface area contributed by atoms with Gasteiger partial charge in [0.1, 0.15) is 5.75 Å². The highest BCUT2D eigenvalue weighted by Crippen LogP contribution is 2.24. The Morgan fingerprint density at radius 2 is 1.80 bits per heavy atom. The number of para-hydroxylation sites is 1. The first-order valence-corrected chi connectivity index (χ1v) is 9.94. The first-order chi connectivity index (χ1) is 14.3. The number of carboxylic acid groups (broad SMARTS) is 2. The molecule has 1 fully saturated rings. The predicted octanol–water partition coefficient (Wildman–Crippen LogP) is 3.35. The maximum absolute atomic E-state index is 12.6. The van der Waals surface area contributed by atoms with Crippen LogP contribution < -0.4 is 10.1 Å². The first-order valence-electron chi connectivity index (χ1n) is 9.94. The molecule has 2 rings (SSSR count). The number of carboxylic acids is 2. The third-order valence-electron chi connectivity index (χ3n) is 4.55. The van der Waals surface area contributed by atoms with Crippen LogP contribution in [0.3, 0.4) is 0 Å². The number of piperidine rings is 1. The molecule has 0 spiro atoms. The van der Waals surface area contributed by atoms with Gasteiger partial charge in [0.05, 0.1) is 0 Å². The van der Waals surface area contributed by atoms with Crippen LogP contribution in [0.4, 0.5) is 8.78 Å². The van der Waals surface area contributed by atoms with Gasteiger partial charge in [-0.3, -0.25) is 4.90 Å². The van der Waals surface area contributed by atoms with Crippen LogP contribution in [0.1, 0.15) is 38.2 Å². The van der Waals surface area contributed by atoms with Crippen molar-refractivity contribution in [3.63, 3.8) is 0 Å². The van der Waals surface area contributed by atoms with Crippen LogP contribution >= 0.6 is 0 Å². The van der Waals surface area contributed by atoms with E-state index >= 15 is 0 Å². The molecule has 1 aliphatic rings. The van der Waals surface area contributed by atoms with Crippen molar-refractivity contribution in [2.45, 2.75) is 51.8 Å². The van der Waals surface area contributed by atoms with E-state index in [4.69, 9.17) is 10.2 Å². The van der Waals surface area contributed by atoms with Crippen LogP contribution in [-0.2, 0) is 16.1 Å². The summed E-state index contributed by atoms with van der Waals surface area (Å²) in [4.78, 5) is 21.5. The average Bonchev–Trinajstić information content (AvgIpc) is 2.71. The molecule has 1 aromatic rings. The molecule has 0 atom stereocenters. The number of hydrogen-bond donors (Lipinski definition) is 3. The van der Waals surface area contributed by atoms with E-state index in [2.05, 4.69) is 21.9 Å². The molecule has 0 bridgehead atoms. The van der Waals surface area contributed by atoms with Gasteiger partial charge in [0.15, 0.2) is 0 Å². The Bertz CT molecular complexity index is 663. The number of nitrogens with one attached hydrogen (secondary N) is 1. The van der Waals surface area contributed by atoms with Crippen LogP contribution in [-0.4, -0.2) is 59.3 Å². The van der Waals surface area contributed by atoms with Gasteiger partial charge in [0.2, 0.25) is 0 Å². The van der Waals surface area contributed by atoms with Crippen LogP contribution in [0, 0.1) is 0 Å². The lowest BCUT2D eigenvalue weighted by molar-refractivity contribution is -0.134. The number of benzene rings is 1. The van der Waals surface area contributed by atoms with E-state index in [1.165, 1.54) is 0 Å². The highest BCUT2D eigenvalue weighted by atomic mass is 19.3. The summed E-state index contributed by atoms with van der Waals surface area (Å²) in [6.07, 6.45) is 5.60. The summed E-state index contributed by atoms with van der Waals surface area (Å²) in [6.45, 7) is 3.14. The second-order valence-electron chi connectivity index (χ2n) is 6.80. The van der Waals surface area contributed by atoms with Crippen molar-refractivity contribution in [3.05, 3.63) is 42.0 Å². The van der Waals surface area contributed by atoms with E-state index in [0.29, 0.717) is 30.5 Å². The minimum atomic E-state index is -2.77. The molecule has 168 valence electrons. The molecule has 1 heterocycles. The van der Waals surface area contributed by atoms with Crippen molar-refractivity contribution in [3.8, 4) is 5.75 Å². The van der Waals surface area contributed by atoms with Gasteiger partial charge in [-0.25, -0.2) is 9.59 Å². The largest absolute Gasteiger partial charge is 0.478 e. The highest BCUT2D eigenvalue weighted by Gasteiger charge is 2.22. The second-order valence-corrected chi connectivity index (χ2v) is 6.80. The molecule has 30 heavy (non-hydrogen) atoms. The zero-order valence-electron chi connectivity index (χ0n) is 17.1. The lowest BCUT2D eigenvalue weighted by atomic mass is 10.0. The fourth-order valence-corrected chi connectivity index (χ4v) is 3.13. The predicted molar refractivity (Wildman–Crippen MR) is 109 cm³/mol. The Kier molecular flexibility index (Phi) is 12.3. The number of carbonyl (C=O) groups is 2. The average molecular weight is 428 g/mol. The quantitative estimate of drug-likeness (QED) is 0.492. The summed E-state index contributed by atoms with van der Waals surface area (Å²) in [7, 11) is 0. The molecule has 7 nitrogen and oxygen atoms in total. The Morgan fingerprint density at radius 3 is 2.33 bits per heavy atom. The van der Waals surface area contributed by atoms with Crippen LogP contribution in [0.2, 0.25) is 0 Å². The minimum Gasteiger partial charge on any atom is -0.478 e. The number of alkyl halides is 2. The highest BCUT2D eigenvalue weighted by molar-refractivity contribution is 5.89. The normalized spacial score (nSPS) is 14.6. The molecular weight excluding hydrogens is 398 g/mol. The molecule has 3 N–H and O–H groups in total. The van der Waals surface area contributed by atoms with Crippen molar-refractivity contribution < 1.29 is 33.3 Å². The standard InChI is InChI=1S/C17H26F2N2O.C4H4O4/c1-2-3-12-21(15-8-10-20-11-9-15)13-14-6-4-5-7-16(14)22-17(18)19;5-3(6)1-2-4(7)8/h4-7,15,17,20H,2-3,8-13H2,1H3;1-2H,(H,5,6)(H,7,8)/b;2-1+. The van der Waals surface area contributed by atoms with Gasteiger partial charge >= 0.3 is 18.6 Å². The number of rotatable bonds is 10. The third-order valence-corrected chi connectivity index (χ3v) is 4.55. The van der Waals surface area contributed by atoms with Gasteiger partial charge < -0.3 is 20.3 Å². The minimum absolute atomic E-state index is 0.299. The molecule has 0 amide bonds. The van der Waals surface area contributed by atoms with Gasteiger partial charge in [-0.05, 0) is 45.0 Å². The molecule has 0 radical (unpaired) electrons. The number of aliphatic carboxylic acids is 2. The summed E-state index contributed by atoms with van der Waals surface area (Å²) >= 11 is 0. The molecule has 1 aromatic carbocycles. The fraction of sp³-hybridized carbons (Fsp3) is 0.524. The molecule has 0 unspecified atom stereocenters. The van der Waals surface area contributed by atoms with E-state index in [1.54, 1.807) is 12.1 Å². The van der Waals surface area contributed by atoms with Crippen molar-refractivity contribution in [2.24, 2.45) is 0 Å². The molecule has 1 aliphatic heterocycles. The van der Waals surface area contributed by atoms with Crippen LogP contribution in [0.25, 0.3) is 0 Å². The van der Waals surface area contributed by atoms with Crippen molar-refractivity contribution in [1.82, 2.24) is 10.2 Å². The maximum atomic E-state index is 12.6. The monoisotopic (exact) mass is 428 g/mol. The second kappa shape index (κ2) is 14.5. The van der Waals surface area contributed by atoms with Crippen molar-refractivity contribution in [2.75, 3.05) is 19.6 Å². The number of ether oxygens (including phenoxy) is 1. The van der Waals surface area contributed by atoms with Gasteiger partial charge in [0.25, 0.3) is 0 Å². The molecule has 0 aliphatic carbocycles. The summed E-state index contributed by atoms with van der Waals surface area (Å²) in [5.74, 6) is -2.22. The smallest absolute Gasteiger partial charge is 0.387 e. The number of unbranched alkanes of at least 4 members (excludes halogenated alkanes) is 1. The molecule has 0 saturated carbocycles. The zero-order valence-corrected chi connectivity index (χ0v) is 17.1. The Morgan fingerprint density at radius 1 is 1.20 bits per heavy atom. The summed E-state index contributed by atoms with van der Waals surface area (Å²) in [5, 5.41) is 19.0. The van der Waals surface area contributed by atoms with Gasteiger partial charge in [0, 0.05) is 30.3 Å². The Labute approximate surface area is 175 Å². The SMILES string of the molecule is CCCCN(Cc1ccccc1OC(F)F)C1CCNCC1.O=C(O)/C=C/C(=O)O. The van der Waals surface area contributed by atoms with Gasteiger partial charge in [-0.2, -0.15) is 8.78 Å².